The van der Waals surface area contributed by atoms with Gasteiger partial charge in [-0.05, 0) is 88.8 Å². The zero-order chi connectivity index (χ0) is 37.3. The predicted molar refractivity (Wildman–Crippen MR) is 230 cm³/mol. The van der Waals surface area contributed by atoms with Gasteiger partial charge in [-0.1, -0.05) is 103 Å². The fraction of sp³-hybridized carbons (Fsp3) is 0.0417. The number of benzene rings is 7. The van der Waals surface area contributed by atoms with Crippen LogP contribution in [0.1, 0.15) is 11.5 Å². The Balaban J connectivity index is 0.801. The van der Waals surface area contributed by atoms with Gasteiger partial charge >= 0.3 is 0 Å². The Bertz CT molecular complexity index is 3190. The number of aromatic nitrogens is 4. The molecule has 0 aliphatic heterocycles. The molecule has 0 fully saturated rings. The molecule has 6 nitrogen and oxygen atoms in total. The van der Waals surface area contributed by atoms with Gasteiger partial charge in [0.2, 0.25) is 5.89 Å². The first-order valence-electron chi connectivity index (χ1n) is 18.3. The van der Waals surface area contributed by atoms with Crippen molar-refractivity contribution < 1.29 is 8.83 Å². The minimum Gasteiger partial charge on any atom is -0.441 e. The Morgan fingerprint density at radius 2 is 0.768 bits per heavy atom. The van der Waals surface area contributed by atoms with E-state index in [1.165, 1.54) is 16.7 Å². The lowest BCUT2D eigenvalue weighted by Gasteiger charge is -2.04. The fourth-order valence-electron chi connectivity index (χ4n) is 7.21. The van der Waals surface area contributed by atoms with Gasteiger partial charge in [-0.15, -0.1) is 22.7 Å². The third-order valence-electron chi connectivity index (χ3n) is 10.2. The molecule has 11 rings (SSSR count). The molecule has 0 spiro atoms. The Morgan fingerprint density at radius 1 is 0.357 bits per heavy atom. The molecule has 4 heterocycles. The van der Waals surface area contributed by atoms with Crippen molar-refractivity contribution in [3.05, 3.63) is 157 Å². The highest BCUT2D eigenvalue weighted by molar-refractivity contribution is 7.23. The highest BCUT2D eigenvalue weighted by Crippen LogP contribution is 2.38. The summed E-state index contributed by atoms with van der Waals surface area (Å²) in [5.41, 5.74) is 16.4. The SMILES string of the molecule is Cc1ccc(-c2ccc(-c3nc4cc5sc(-c6ccc(-c7ccc(-c8nc9cc(-c%10ccc%11oc(C)nc%11c%10)ccc9o8)cc7)cc6)nc5cc4s3)cc2)cc1. The maximum atomic E-state index is 6.17. The van der Waals surface area contributed by atoms with E-state index in [1.54, 1.807) is 22.7 Å². The third-order valence-corrected chi connectivity index (χ3v) is 12.4. The highest BCUT2D eigenvalue weighted by Gasteiger charge is 2.14. The standard InChI is InChI=1S/C48H30N4O2S2/c1-27-3-5-29(6-4-27)31-9-15-34(16-10-31)47-51-40-25-45-41(26-44(40)55-47)52-48(56-45)35-17-11-32(12-18-35)30-7-13-33(14-8-30)46-50-39-24-37(20-22-43(39)54-46)36-19-21-42-38(23-36)49-28(2)53-42/h3-26H,1-2H3. The van der Waals surface area contributed by atoms with E-state index in [2.05, 4.69) is 133 Å². The summed E-state index contributed by atoms with van der Waals surface area (Å²) in [6.45, 7) is 3.97. The topological polar surface area (TPSA) is 77.8 Å². The molecule has 0 radical (unpaired) electrons. The van der Waals surface area contributed by atoms with Crippen molar-refractivity contribution in [2.45, 2.75) is 13.8 Å². The van der Waals surface area contributed by atoms with Gasteiger partial charge in [-0.2, -0.15) is 0 Å². The van der Waals surface area contributed by atoms with E-state index < -0.39 is 0 Å². The third kappa shape index (κ3) is 5.87. The maximum absolute atomic E-state index is 6.17. The molecule has 0 aliphatic carbocycles. The molecule has 0 unspecified atom stereocenters. The van der Waals surface area contributed by atoms with E-state index in [0.717, 1.165) is 91.6 Å². The summed E-state index contributed by atoms with van der Waals surface area (Å²) in [4.78, 5) is 19.4. The van der Waals surface area contributed by atoms with Gasteiger partial charge in [-0.3, -0.25) is 0 Å². The molecule has 8 heteroatoms. The summed E-state index contributed by atoms with van der Waals surface area (Å²) >= 11 is 3.42. The number of hydrogen-bond donors (Lipinski definition) is 0. The second-order valence-electron chi connectivity index (χ2n) is 14.0. The zero-order valence-electron chi connectivity index (χ0n) is 30.3. The number of fused-ring (bicyclic) bond motifs is 4. The van der Waals surface area contributed by atoms with E-state index in [9.17, 15) is 0 Å². The second-order valence-corrected chi connectivity index (χ2v) is 16.1. The fourth-order valence-corrected chi connectivity index (χ4v) is 9.18. The Labute approximate surface area is 329 Å². The van der Waals surface area contributed by atoms with Gasteiger partial charge in [0.1, 0.15) is 21.0 Å². The molecule has 0 aliphatic rings. The van der Waals surface area contributed by atoms with Crippen molar-refractivity contribution in [2.75, 3.05) is 0 Å². The van der Waals surface area contributed by atoms with E-state index >= 15 is 0 Å². The van der Waals surface area contributed by atoms with Crippen molar-refractivity contribution in [2.24, 2.45) is 0 Å². The van der Waals surface area contributed by atoms with E-state index in [-0.39, 0.29) is 0 Å². The molecular formula is C48H30N4O2S2. The van der Waals surface area contributed by atoms with Crippen molar-refractivity contribution >= 4 is 65.3 Å². The van der Waals surface area contributed by atoms with Gasteiger partial charge in [-0.25, -0.2) is 19.9 Å². The molecule has 0 bridgehead atoms. The van der Waals surface area contributed by atoms with Crippen LogP contribution in [0.4, 0.5) is 0 Å². The normalized spacial score (nSPS) is 11.8. The Morgan fingerprint density at radius 3 is 1.29 bits per heavy atom. The quantitative estimate of drug-likeness (QED) is 0.168. The molecule has 56 heavy (non-hydrogen) atoms. The van der Waals surface area contributed by atoms with Crippen LogP contribution in [0.15, 0.2) is 154 Å². The van der Waals surface area contributed by atoms with Gasteiger partial charge in [0, 0.05) is 23.6 Å². The largest absolute Gasteiger partial charge is 0.441 e. The van der Waals surface area contributed by atoms with Crippen LogP contribution >= 0.6 is 22.7 Å². The second kappa shape index (κ2) is 12.9. The van der Waals surface area contributed by atoms with Gasteiger partial charge in [0.05, 0.1) is 20.4 Å². The predicted octanol–water partition coefficient (Wildman–Crippen LogP) is 13.8. The summed E-state index contributed by atoms with van der Waals surface area (Å²) in [6.07, 6.45) is 0. The van der Waals surface area contributed by atoms with Gasteiger partial charge in [0.15, 0.2) is 17.1 Å². The highest BCUT2D eigenvalue weighted by atomic mass is 32.1. The van der Waals surface area contributed by atoms with Crippen molar-refractivity contribution in [1.29, 1.82) is 0 Å². The molecule has 0 saturated carbocycles. The van der Waals surface area contributed by atoms with E-state index in [1.807, 2.05) is 31.2 Å². The first kappa shape index (κ1) is 32.7. The van der Waals surface area contributed by atoms with Crippen LogP contribution in [-0.4, -0.2) is 19.9 Å². The summed E-state index contributed by atoms with van der Waals surface area (Å²) in [7, 11) is 0. The summed E-state index contributed by atoms with van der Waals surface area (Å²) in [5.74, 6) is 1.25. The van der Waals surface area contributed by atoms with Crippen LogP contribution in [-0.2, 0) is 0 Å². The number of hydrogen-bond acceptors (Lipinski definition) is 8. The minimum atomic E-state index is 0.594. The van der Waals surface area contributed by atoms with Crippen molar-refractivity contribution in [3.8, 4) is 66.0 Å². The molecule has 0 amide bonds. The van der Waals surface area contributed by atoms with Crippen molar-refractivity contribution in [3.63, 3.8) is 0 Å². The molecule has 0 N–H and O–H groups in total. The summed E-state index contributed by atoms with van der Waals surface area (Å²) in [6, 6.07) is 50.8. The molecule has 0 atom stereocenters. The van der Waals surface area contributed by atoms with E-state index in [4.69, 9.17) is 23.8 Å². The monoisotopic (exact) mass is 758 g/mol. The lowest BCUT2D eigenvalue weighted by molar-refractivity contribution is 0.561. The van der Waals surface area contributed by atoms with Crippen LogP contribution in [0.25, 0.3) is 109 Å². The summed E-state index contributed by atoms with van der Waals surface area (Å²) in [5, 5.41) is 2.02. The molecule has 266 valence electrons. The first-order valence-corrected chi connectivity index (χ1v) is 20.0. The smallest absolute Gasteiger partial charge is 0.227 e. The number of nitrogens with zero attached hydrogens (tertiary/aromatic N) is 4. The van der Waals surface area contributed by atoms with Crippen LogP contribution in [0, 0.1) is 13.8 Å². The zero-order valence-corrected chi connectivity index (χ0v) is 31.9. The molecule has 11 aromatic rings. The lowest BCUT2D eigenvalue weighted by Crippen LogP contribution is -1.82. The van der Waals surface area contributed by atoms with Gasteiger partial charge < -0.3 is 8.83 Å². The Hall–Kier alpha value is -6.74. The molecule has 7 aromatic carbocycles. The van der Waals surface area contributed by atoms with Crippen LogP contribution in [0.2, 0.25) is 0 Å². The lowest BCUT2D eigenvalue weighted by atomic mass is 10.0. The number of aryl methyl sites for hydroxylation is 2. The molecule has 0 saturated heterocycles. The molecular weight excluding hydrogens is 729 g/mol. The van der Waals surface area contributed by atoms with Gasteiger partial charge in [0.25, 0.3) is 0 Å². The number of rotatable bonds is 6. The number of oxazole rings is 2. The average Bonchev–Trinajstić information content (AvgIpc) is 4.04. The van der Waals surface area contributed by atoms with Crippen LogP contribution in [0.5, 0.6) is 0 Å². The summed E-state index contributed by atoms with van der Waals surface area (Å²) < 4.78 is 14.1. The number of thiazole rings is 2. The first-order chi connectivity index (χ1) is 27.5. The van der Waals surface area contributed by atoms with Crippen molar-refractivity contribution in [1.82, 2.24) is 19.9 Å². The maximum Gasteiger partial charge on any atom is 0.227 e. The Kier molecular flexibility index (Phi) is 7.55. The van der Waals surface area contributed by atoms with Crippen LogP contribution < -0.4 is 0 Å². The molecule has 4 aromatic heterocycles. The van der Waals surface area contributed by atoms with E-state index in [0.29, 0.717) is 11.8 Å². The minimum absolute atomic E-state index is 0.594. The average molecular weight is 759 g/mol. The van der Waals surface area contributed by atoms with Crippen LogP contribution in [0.3, 0.4) is 0 Å².